The number of rotatable bonds is 7. The molecule has 19 heavy (non-hydrogen) atoms. The van der Waals surface area contributed by atoms with Gasteiger partial charge in [0.05, 0.1) is 6.61 Å². The minimum Gasteiger partial charge on any atom is -0.480 e. The van der Waals surface area contributed by atoms with Gasteiger partial charge < -0.3 is 19.5 Å². The Morgan fingerprint density at radius 2 is 1.95 bits per heavy atom. The first kappa shape index (κ1) is 15.9. The Labute approximate surface area is 113 Å². The van der Waals surface area contributed by atoms with Crippen molar-refractivity contribution in [1.82, 2.24) is 9.80 Å². The average molecular weight is 274 g/mol. The highest BCUT2D eigenvalue weighted by molar-refractivity contribution is 5.78. The second-order valence-electron chi connectivity index (χ2n) is 4.46. The maximum absolute atomic E-state index is 11.8. The summed E-state index contributed by atoms with van der Waals surface area (Å²) in [5.41, 5.74) is 0. The third kappa shape index (κ3) is 6.51. The van der Waals surface area contributed by atoms with Crippen molar-refractivity contribution in [2.24, 2.45) is 0 Å². The Balaban J connectivity index is 2.27. The molecule has 1 aliphatic heterocycles. The predicted molar refractivity (Wildman–Crippen MR) is 68.0 cm³/mol. The molecule has 0 saturated carbocycles. The fraction of sp³-hybridized carbons (Fsp3) is 0.833. The Kier molecular flexibility index (Phi) is 7.39. The standard InChI is InChI=1S/C12H22N2O5/c1-18-8-7-13-3-2-4-14(6-5-13)11(15)9-19-10-12(16)17/h2-10H2,1H3,(H,16,17). The summed E-state index contributed by atoms with van der Waals surface area (Å²) in [5.74, 6) is -1.20. The smallest absolute Gasteiger partial charge is 0.329 e. The third-order valence-corrected chi connectivity index (χ3v) is 3.00. The largest absolute Gasteiger partial charge is 0.480 e. The molecule has 0 spiro atoms. The van der Waals surface area contributed by atoms with Crippen molar-refractivity contribution >= 4 is 11.9 Å². The van der Waals surface area contributed by atoms with E-state index in [4.69, 9.17) is 14.6 Å². The molecule has 110 valence electrons. The molecule has 1 amide bonds. The van der Waals surface area contributed by atoms with Crippen molar-refractivity contribution in [1.29, 1.82) is 0 Å². The number of carboxylic acid groups (broad SMARTS) is 1. The second kappa shape index (κ2) is 8.84. The summed E-state index contributed by atoms with van der Waals surface area (Å²) in [6, 6.07) is 0. The van der Waals surface area contributed by atoms with Gasteiger partial charge in [-0.2, -0.15) is 0 Å². The van der Waals surface area contributed by atoms with Crippen LogP contribution in [0.15, 0.2) is 0 Å². The van der Waals surface area contributed by atoms with Gasteiger partial charge in [-0.15, -0.1) is 0 Å². The van der Waals surface area contributed by atoms with Crippen LogP contribution in [0.25, 0.3) is 0 Å². The van der Waals surface area contributed by atoms with E-state index in [1.165, 1.54) is 0 Å². The summed E-state index contributed by atoms with van der Waals surface area (Å²) in [5, 5.41) is 8.43. The van der Waals surface area contributed by atoms with Gasteiger partial charge in [-0.3, -0.25) is 9.69 Å². The average Bonchev–Trinajstić information content (AvgIpc) is 2.61. The van der Waals surface area contributed by atoms with E-state index in [0.717, 1.165) is 26.1 Å². The van der Waals surface area contributed by atoms with Crippen LogP contribution in [0.1, 0.15) is 6.42 Å². The molecule has 0 radical (unpaired) electrons. The molecule has 1 N–H and O–H groups in total. The predicted octanol–water partition coefficient (Wildman–Crippen LogP) is -0.732. The van der Waals surface area contributed by atoms with E-state index >= 15 is 0 Å². The van der Waals surface area contributed by atoms with Crippen LogP contribution in [0.2, 0.25) is 0 Å². The number of carbonyl (C=O) groups excluding carboxylic acids is 1. The number of carbonyl (C=O) groups is 2. The maximum atomic E-state index is 11.8. The first-order valence-electron chi connectivity index (χ1n) is 6.42. The van der Waals surface area contributed by atoms with Gasteiger partial charge in [-0.05, 0) is 13.0 Å². The van der Waals surface area contributed by atoms with Gasteiger partial charge in [-0.25, -0.2) is 4.79 Å². The molecular weight excluding hydrogens is 252 g/mol. The van der Waals surface area contributed by atoms with Crippen LogP contribution in [-0.2, 0) is 19.1 Å². The number of amides is 1. The Hall–Kier alpha value is -1.18. The van der Waals surface area contributed by atoms with Gasteiger partial charge in [0.25, 0.3) is 0 Å². The lowest BCUT2D eigenvalue weighted by atomic mass is 10.4. The zero-order chi connectivity index (χ0) is 14.1. The molecule has 0 bridgehead atoms. The molecule has 1 aliphatic rings. The molecule has 0 aromatic heterocycles. The first-order valence-corrected chi connectivity index (χ1v) is 6.42. The van der Waals surface area contributed by atoms with E-state index < -0.39 is 12.6 Å². The van der Waals surface area contributed by atoms with E-state index in [9.17, 15) is 9.59 Å². The van der Waals surface area contributed by atoms with Gasteiger partial charge in [-0.1, -0.05) is 0 Å². The van der Waals surface area contributed by atoms with Crippen molar-refractivity contribution in [2.75, 3.05) is 59.7 Å². The molecule has 0 aromatic carbocycles. The van der Waals surface area contributed by atoms with Crippen LogP contribution in [0.3, 0.4) is 0 Å². The SMILES string of the molecule is COCCN1CCCN(C(=O)COCC(=O)O)CC1. The summed E-state index contributed by atoms with van der Waals surface area (Å²) in [7, 11) is 1.67. The summed E-state index contributed by atoms with van der Waals surface area (Å²) in [4.78, 5) is 26.1. The molecule has 7 nitrogen and oxygen atoms in total. The van der Waals surface area contributed by atoms with E-state index in [-0.39, 0.29) is 12.5 Å². The highest BCUT2D eigenvalue weighted by atomic mass is 16.5. The zero-order valence-electron chi connectivity index (χ0n) is 11.3. The lowest BCUT2D eigenvalue weighted by Crippen LogP contribution is -2.38. The fourth-order valence-corrected chi connectivity index (χ4v) is 1.98. The number of nitrogens with zero attached hydrogens (tertiary/aromatic N) is 2. The van der Waals surface area contributed by atoms with Crippen LogP contribution in [0.4, 0.5) is 0 Å². The van der Waals surface area contributed by atoms with E-state index in [0.29, 0.717) is 19.7 Å². The molecule has 0 atom stereocenters. The van der Waals surface area contributed by atoms with Crippen LogP contribution < -0.4 is 0 Å². The van der Waals surface area contributed by atoms with E-state index in [1.54, 1.807) is 12.0 Å². The fourth-order valence-electron chi connectivity index (χ4n) is 1.98. The number of hydrogen-bond acceptors (Lipinski definition) is 5. The number of aliphatic carboxylic acids is 1. The maximum Gasteiger partial charge on any atom is 0.329 e. The number of carboxylic acids is 1. The van der Waals surface area contributed by atoms with Crippen molar-refractivity contribution < 1.29 is 24.2 Å². The van der Waals surface area contributed by atoms with Crippen LogP contribution in [0, 0.1) is 0 Å². The van der Waals surface area contributed by atoms with E-state index in [2.05, 4.69) is 4.90 Å². The second-order valence-corrected chi connectivity index (χ2v) is 4.46. The first-order chi connectivity index (χ1) is 9.13. The number of hydrogen-bond donors (Lipinski definition) is 1. The number of methoxy groups -OCH3 is 1. The summed E-state index contributed by atoms with van der Waals surface area (Å²) >= 11 is 0. The normalized spacial score (nSPS) is 17.2. The highest BCUT2D eigenvalue weighted by Crippen LogP contribution is 2.03. The molecular formula is C12H22N2O5. The summed E-state index contributed by atoms with van der Waals surface area (Å²) in [6.07, 6.45) is 0.911. The van der Waals surface area contributed by atoms with Gasteiger partial charge >= 0.3 is 5.97 Å². The Morgan fingerprint density at radius 3 is 2.63 bits per heavy atom. The molecule has 7 heteroatoms. The lowest BCUT2D eigenvalue weighted by molar-refractivity contribution is -0.145. The minimum absolute atomic E-state index is 0.144. The van der Waals surface area contributed by atoms with Crippen LogP contribution >= 0.6 is 0 Å². The lowest BCUT2D eigenvalue weighted by Gasteiger charge is -2.21. The van der Waals surface area contributed by atoms with Gasteiger partial charge in [0.1, 0.15) is 13.2 Å². The summed E-state index contributed by atoms with van der Waals surface area (Å²) < 4.78 is 9.86. The van der Waals surface area contributed by atoms with Gasteiger partial charge in [0.15, 0.2) is 0 Å². The topological polar surface area (TPSA) is 79.3 Å². The third-order valence-electron chi connectivity index (χ3n) is 3.00. The molecule has 1 rings (SSSR count). The Morgan fingerprint density at radius 1 is 1.16 bits per heavy atom. The Bertz CT molecular complexity index is 298. The zero-order valence-corrected chi connectivity index (χ0v) is 11.3. The van der Waals surface area contributed by atoms with Crippen molar-refractivity contribution in [2.45, 2.75) is 6.42 Å². The number of ether oxygens (including phenoxy) is 2. The summed E-state index contributed by atoms with van der Waals surface area (Å²) in [6.45, 7) is 4.07. The molecule has 0 unspecified atom stereocenters. The van der Waals surface area contributed by atoms with Crippen LogP contribution in [0.5, 0.6) is 0 Å². The van der Waals surface area contributed by atoms with Crippen LogP contribution in [-0.4, -0.2) is 86.4 Å². The van der Waals surface area contributed by atoms with E-state index in [1.807, 2.05) is 0 Å². The quantitative estimate of drug-likeness (QED) is 0.659. The monoisotopic (exact) mass is 274 g/mol. The minimum atomic E-state index is -1.06. The molecule has 0 aromatic rings. The van der Waals surface area contributed by atoms with Crippen molar-refractivity contribution in [3.63, 3.8) is 0 Å². The van der Waals surface area contributed by atoms with Gasteiger partial charge in [0, 0.05) is 33.3 Å². The van der Waals surface area contributed by atoms with Crippen molar-refractivity contribution in [3.05, 3.63) is 0 Å². The highest BCUT2D eigenvalue weighted by Gasteiger charge is 2.19. The van der Waals surface area contributed by atoms with Gasteiger partial charge in [0.2, 0.25) is 5.91 Å². The molecule has 1 heterocycles. The van der Waals surface area contributed by atoms with Crippen molar-refractivity contribution in [3.8, 4) is 0 Å². The molecule has 1 saturated heterocycles. The molecule has 0 aliphatic carbocycles. The molecule has 1 fully saturated rings.